The van der Waals surface area contributed by atoms with Crippen LogP contribution in [0.4, 0.5) is 10.2 Å². The highest BCUT2D eigenvalue weighted by Crippen LogP contribution is 2.26. The molecule has 0 bridgehead atoms. The van der Waals surface area contributed by atoms with Crippen LogP contribution < -0.4 is 5.32 Å². The summed E-state index contributed by atoms with van der Waals surface area (Å²) in [5.74, 6) is 1.02. The summed E-state index contributed by atoms with van der Waals surface area (Å²) in [5, 5.41) is 2.70. The molecule has 0 aromatic carbocycles. The third kappa shape index (κ3) is 2.68. The lowest BCUT2D eigenvalue weighted by Gasteiger charge is -2.08. The average Bonchev–Trinajstić information content (AvgIpc) is 2.74. The van der Waals surface area contributed by atoms with Crippen LogP contribution in [0.2, 0.25) is 0 Å². The van der Waals surface area contributed by atoms with E-state index in [1.807, 2.05) is 0 Å². The maximum atomic E-state index is 12.5. The van der Waals surface area contributed by atoms with Crippen molar-refractivity contribution in [2.75, 3.05) is 11.1 Å². The lowest BCUT2D eigenvalue weighted by atomic mass is 10.2. The lowest BCUT2D eigenvalue weighted by molar-refractivity contribution is -0.115. The summed E-state index contributed by atoms with van der Waals surface area (Å²) in [7, 11) is 0. The van der Waals surface area contributed by atoms with E-state index in [-0.39, 0.29) is 11.2 Å². The number of thioether (sulfide) groups is 1. The molecular weight excluding hydrogens is 215 g/mol. The quantitative estimate of drug-likeness (QED) is 0.839. The van der Waals surface area contributed by atoms with E-state index in [4.69, 9.17) is 0 Å². The molecule has 0 saturated carbocycles. The summed E-state index contributed by atoms with van der Waals surface area (Å²) in [6.45, 7) is 0. The summed E-state index contributed by atoms with van der Waals surface area (Å²) >= 11 is 1.66. The van der Waals surface area contributed by atoms with Gasteiger partial charge in [-0.2, -0.15) is 0 Å². The zero-order valence-corrected chi connectivity index (χ0v) is 8.89. The van der Waals surface area contributed by atoms with Crippen molar-refractivity contribution in [2.45, 2.75) is 18.1 Å². The first kappa shape index (κ1) is 10.4. The smallest absolute Gasteiger partial charge is 0.238 e. The summed E-state index contributed by atoms with van der Waals surface area (Å²) in [4.78, 5) is 15.4. The van der Waals surface area contributed by atoms with Gasteiger partial charge in [0, 0.05) is 0 Å². The average molecular weight is 226 g/mol. The van der Waals surface area contributed by atoms with Crippen LogP contribution in [-0.2, 0) is 4.79 Å². The molecule has 1 aliphatic rings. The molecule has 0 radical (unpaired) electrons. The van der Waals surface area contributed by atoms with Crippen molar-refractivity contribution in [3.8, 4) is 0 Å². The summed E-state index contributed by atoms with van der Waals surface area (Å²) in [6.07, 6.45) is 3.09. The second-order valence-electron chi connectivity index (χ2n) is 3.35. The van der Waals surface area contributed by atoms with Crippen molar-refractivity contribution in [1.82, 2.24) is 4.98 Å². The highest BCUT2D eigenvalue weighted by Gasteiger charge is 2.23. The number of nitrogens with one attached hydrogen (secondary N) is 1. The van der Waals surface area contributed by atoms with Gasteiger partial charge in [-0.25, -0.2) is 9.37 Å². The zero-order valence-electron chi connectivity index (χ0n) is 8.07. The van der Waals surface area contributed by atoms with Gasteiger partial charge in [0.2, 0.25) is 5.91 Å². The third-order valence-corrected chi connectivity index (χ3v) is 3.58. The van der Waals surface area contributed by atoms with Crippen LogP contribution in [0.5, 0.6) is 0 Å². The topological polar surface area (TPSA) is 42.0 Å². The Balaban J connectivity index is 1.96. The SMILES string of the molecule is O=C(Nc1ccc(F)cn1)C1CCCS1. The standard InChI is InChI=1S/C10H11FN2OS/c11-7-3-4-9(12-6-7)13-10(14)8-2-1-5-15-8/h3-4,6,8H,1-2,5H2,(H,12,13,14). The van der Waals surface area contributed by atoms with Crippen LogP contribution in [0.1, 0.15) is 12.8 Å². The fourth-order valence-electron chi connectivity index (χ4n) is 1.44. The minimum absolute atomic E-state index is 0.0249. The number of hydrogen-bond donors (Lipinski definition) is 1. The highest BCUT2D eigenvalue weighted by molar-refractivity contribution is 8.00. The fourth-order valence-corrected chi connectivity index (χ4v) is 2.60. The van der Waals surface area contributed by atoms with Gasteiger partial charge in [-0.15, -0.1) is 11.8 Å². The van der Waals surface area contributed by atoms with Crippen molar-refractivity contribution < 1.29 is 9.18 Å². The first-order valence-electron chi connectivity index (χ1n) is 4.80. The number of carbonyl (C=O) groups excluding carboxylic acids is 1. The third-order valence-electron chi connectivity index (χ3n) is 2.20. The van der Waals surface area contributed by atoms with Gasteiger partial charge in [0.05, 0.1) is 11.4 Å². The molecule has 1 unspecified atom stereocenters. The van der Waals surface area contributed by atoms with Gasteiger partial charge in [0.15, 0.2) is 0 Å². The van der Waals surface area contributed by atoms with Gasteiger partial charge in [0.1, 0.15) is 11.6 Å². The molecule has 1 N–H and O–H groups in total. The Hall–Kier alpha value is -1.10. The van der Waals surface area contributed by atoms with Crippen molar-refractivity contribution >= 4 is 23.5 Å². The van der Waals surface area contributed by atoms with Crippen molar-refractivity contribution in [3.63, 3.8) is 0 Å². The first-order valence-corrected chi connectivity index (χ1v) is 5.84. The molecule has 80 valence electrons. The van der Waals surface area contributed by atoms with Gasteiger partial charge < -0.3 is 5.32 Å². The Bertz CT molecular complexity index is 349. The fraction of sp³-hybridized carbons (Fsp3) is 0.400. The van der Waals surface area contributed by atoms with Crippen LogP contribution >= 0.6 is 11.8 Å². The number of aromatic nitrogens is 1. The monoisotopic (exact) mass is 226 g/mol. The molecule has 2 heterocycles. The van der Waals surface area contributed by atoms with Crippen LogP contribution in [0.25, 0.3) is 0 Å². The van der Waals surface area contributed by atoms with Gasteiger partial charge >= 0.3 is 0 Å². The molecule has 1 aliphatic heterocycles. The molecule has 1 saturated heterocycles. The van der Waals surface area contributed by atoms with E-state index in [9.17, 15) is 9.18 Å². The molecule has 0 aliphatic carbocycles. The van der Waals surface area contributed by atoms with Gasteiger partial charge in [0.25, 0.3) is 0 Å². The van der Waals surface area contributed by atoms with Crippen molar-refractivity contribution in [2.24, 2.45) is 0 Å². The van der Waals surface area contributed by atoms with Crippen molar-refractivity contribution in [1.29, 1.82) is 0 Å². The molecule has 1 amide bonds. The van der Waals surface area contributed by atoms with Crippen LogP contribution in [-0.4, -0.2) is 21.9 Å². The predicted molar refractivity (Wildman–Crippen MR) is 58.3 cm³/mol. The largest absolute Gasteiger partial charge is 0.310 e. The number of pyridine rings is 1. The van der Waals surface area contributed by atoms with E-state index < -0.39 is 5.82 Å². The number of hydrogen-bond acceptors (Lipinski definition) is 3. The second kappa shape index (κ2) is 4.61. The van der Waals surface area contributed by atoms with Gasteiger partial charge in [-0.3, -0.25) is 4.79 Å². The van der Waals surface area contributed by atoms with Crippen molar-refractivity contribution in [3.05, 3.63) is 24.1 Å². The lowest BCUT2D eigenvalue weighted by Crippen LogP contribution is -2.23. The minimum atomic E-state index is -0.400. The maximum Gasteiger partial charge on any atom is 0.238 e. The molecule has 5 heteroatoms. The summed E-state index contributed by atoms with van der Waals surface area (Å²) in [6, 6.07) is 2.75. The number of nitrogens with zero attached hydrogens (tertiary/aromatic N) is 1. The predicted octanol–water partition coefficient (Wildman–Crippen LogP) is 2.05. The molecule has 2 rings (SSSR count). The zero-order chi connectivity index (χ0) is 10.7. The molecule has 3 nitrogen and oxygen atoms in total. The molecule has 15 heavy (non-hydrogen) atoms. The number of halogens is 1. The number of amides is 1. The van der Waals surface area contributed by atoms with Crippen LogP contribution in [0, 0.1) is 5.82 Å². The molecule has 1 atom stereocenters. The Morgan fingerprint density at radius 2 is 2.47 bits per heavy atom. The van der Waals surface area contributed by atoms with E-state index in [0.29, 0.717) is 5.82 Å². The van der Waals surface area contributed by atoms with Gasteiger partial charge in [-0.05, 0) is 30.7 Å². The summed E-state index contributed by atoms with van der Waals surface area (Å²) < 4.78 is 12.5. The van der Waals surface area contributed by atoms with Crippen LogP contribution in [0.15, 0.2) is 18.3 Å². The molecular formula is C10H11FN2OS. The molecule has 1 fully saturated rings. The van der Waals surface area contributed by atoms with E-state index in [1.54, 1.807) is 11.8 Å². The van der Waals surface area contributed by atoms with Gasteiger partial charge in [-0.1, -0.05) is 0 Å². The number of rotatable bonds is 2. The Labute approximate surface area is 91.5 Å². The Kier molecular flexibility index (Phi) is 3.20. The highest BCUT2D eigenvalue weighted by atomic mass is 32.2. The van der Waals surface area contributed by atoms with E-state index in [2.05, 4.69) is 10.3 Å². The van der Waals surface area contributed by atoms with Crippen LogP contribution in [0.3, 0.4) is 0 Å². The minimum Gasteiger partial charge on any atom is -0.310 e. The molecule has 0 spiro atoms. The van der Waals surface area contributed by atoms with E-state index >= 15 is 0 Å². The molecule has 1 aromatic heterocycles. The van der Waals surface area contributed by atoms with E-state index in [1.165, 1.54) is 12.1 Å². The maximum absolute atomic E-state index is 12.5. The first-order chi connectivity index (χ1) is 7.25. The van der Waals surface area contributed by atoms with E-state index in [0.717, 1.165) is 24.8 Å². The number of carbonyl (C=O) groups is 1. The molecule has 1 aromatic rings. The summed E-state index contributed by atoms with van der Waals surface area (Å²) in [5.41, 5.74) is 0. The Morgan fingerprint density at radius 1 is 1.60 bits per heavy atom. The Morgan fingerprint density at radius 3 is 3.07 bits per heavy atom. The normalized spacial score (nSPS) is 20.2. The second-order valence-corrected chi connectivity index (χ2v) is 4.66. The number of anilines is 1.